The molecule has 2 aliphatic rings. The van der Waals surface area contributed by atoms with Crippen LogP contribution in [-0.4, -0.2) is 54.2 Å². The van der Waals surface area contributed by atoms with Crippen LogP contribution in [0.25, 0.3) is 0 Å². The average molecular weight is 310 g/mol. The minimum atomic E-state index is -0.163. The Morgan fingerprint density at radius 2 is 2.10 bits per heavy atom. The van der Waals surface area contributed by atoms with E-state index in [1.165, 1.54) is 25.5 Å². The molecule has 0 saturated carbocycles. The van der Waals surface area contributed by atoms with Crippen molar-refractivity contribution in [1.82, 2.24) is 15.2 Å². The van der Waals surface area contributed by atoms with Gasteiger partial charge in [0.1, 0.15) is 5.69 Å². The van der Waals surface area contributed by atoms with Gasteiger partial charge in [0, 0.05) is 6.20 Å². The van der Waals surface area contributed by atoms with Crippen molar-refractivity contribution in [3.05, 3.63) is 29.0 Å². The highest BCUT2D eigenvalue weighted by atomic mass is 35.5. The predicted molar refractivity (Wildman–Crippen MR) is 80.5 cm³/mol. The van der Waals surface area contributed by atoms with Gasteiger partial charge in [-0.25, -0.2) is 4.98 Å². The molecule has 114 valence electrons. The summed E-state index contributed by atoms with van der Waals surface area (Å²) >= 11 is 5.79. The summed E-state index contributed by atoms with van der Waals surface area (Å²) in [6.45, 7) is 3.46. The van der Waals surface area contributed by atoms with Crippen LogP contribution in [0.5, 0.6) is 0 Å². The molecule has 2 aliphatic heterocycles. The average Bonchev–Trinajstić information content (AvgIpc) is 2.97. The lowest BCUT2D eigenvalue weighted by atomic mass is 10.0. The lowest BCUT2D eigenvalue weighted by Crippen LogP contribution is -2.52. The molecule has 2 atom stereocenters. The van der Waals surface area contributed by atoms with Crippen molar-refractivity contribution in [2.24, 2.45) is 0 Å². The van der Waals surface area contributed by atoms with Crippen LogP contribution in [0.4, 0.5) is 0 Å². The van der Waals surface area contributed by atoms with E-state index in [9.17, 15) is 4.79 Å². The molecule has 2 fully saturated rings. The number of aromatic nitrogens is 1. The minimum absolute atomic E-state index is 0.0353. The Hall–Kier alpha value is -1.17. The van der Waals surface area contributed by atoms with Gasteiger partial charge in [0.2, 0.25) is 0 Å². The van der Waals surface area contributed by atoms with Gasteiger partial charge in [0.15, 0.2) is 0 Å². The Kier molecular flexibility index (Phi) is 4.73. The van der Waals surface area contributed by atoms with E-state index in [1.807, 2.05) is 0 Å². The van der Waals surface area contributed by atoms with Gasteiger partial charge in [-0.2, -0.15) is 0 Å². The molecule has 1 aromatic rings. The molecule has 0 unspecified atom stereocenters. The van der Waals surface area contributed by atoms with E-state index in [-0.39, 0.29) is 18.0 Å². The number of carbonyl (C=O) groups excluding carboxylic acids is 1. The fourth-order valence-corrected chi connectivity index (χ4v) is 3.15. The summed E-state index contributed by atoms with van der Waals surface area (Å²) in [5, 5.41) is 3.58. The first-order valence-corrected chi connectivity index (χ1v) is 7.86. The standard InChI is InChI=1S/C15H20ClN3O2/c16-11-4-5-12(17-8-11)15(20)18-13-9-21-10-14(13)19-6-2-1-3-7-19/h4-5,8,13-14H,1-3,6-7,9-10H2,(H,18,20)/t13-,14-/m0/s1. The van der Waals surface area contributed by atoms with E-state index in [0.717, 1.165) is 13.1 Å². The van der Waals surface area contributed by atoms with Crippen molar-refractivity contribution >= 4 is 17.5 Å². The van der Waals surface area contributed by atoms with E-state index in [4.69, 9.17) is 16.3 Å². The molecule has 2 saturated heterocycles. The first kappa shape index (κ1) is 14.8. The number of carbonyl (C=O) groups is 1. The number of ether oxygens (including phenoxy) is 1. The summed E-state index contributed by atoms with van der Waals surface area (Å²) in [6, 6.07) is 3.63. The minimum Gasteiger partial charge on any atom is -0.378 e. The highest BCUT2D eigenvalue weighted by Crippen LogP contribution is 2.19. The van der Waals surface area contributed by atoms with Gasteiger partial charge in [-0.05, 0) is 38.1 Å². The molecule has 0 radical (unpaired) electrons. The zero-order valence-corrected chi connectivity index (χ0v) is 12.7. The lowest BCUT2D eigenvalue weighted by molar-refractivity contribution is 0.0895. The first-order chi connectivity index (χ1) is 10.2. The SMILES string of the molecule is O=C(N[C@H]1COC[C@@H]1N1CCCCC1)c1ccc(Cl)cn1. The number of nitrogens with zero attached hydrogens (tertiary/aromatic N) is 2. The van der Waals surface area contributed by atoms with E-state index in [2.05, 4.69) is 15.2 Å². The zero-order valence-electron chi connectivity index (χ0n) is 11.9. The molecule has 0 aromatic carbocycles. The van der Waals surface area contributed by atoms with Gasteiger partial charge in [-0.1, -0.05) is 18.0 Å². The molecule has 0 bridgehead atoms. The van der Waals surface area contributed by atoms with Gasteiger partial charge in [-0.3, -0.25) is 9.69 Å². The largest absolute Gasteiger partial charge is 0.378 e. The van der Waals surface area contributed by atoms with Crippen LogP contribution in [0.15, 0.2) is 18.3 Å². The normalized spacial score (nSPS) is 26.7. The van der Waals surface area contributed by atoms with Crippen molar-refractivity contribution in [1.29, 1.82) is 0 Å². The first-order valence-electron chi connectivity index (χ1n) is 7.48. The number of amides is 1. The van der Waals surface area contributed by atoms with E-state index in [1.54, 1.807) is 12.1 Å². The Morgan fingerprint density at radius 3 is 2.81 bits per heavy atom. The summed E-state index contributed by atoms with van der Waals surface area (Å²) in [4.78, 5) is 18.8. The van der Waals surface area contributed by atoms with Crippen molar-refractivity contribution in [2.45, 2.75) is 31.3 Å². The molecular weight excluding hydrogens is 290 g/mol. The summed E-state index contributed by atoms with van der Waals surface area (Å²) in [5.41, 5.74) is 0.392. The summed E-state index contributed by atoms with van der Waals surface area (Å²) < 4.78 is 5.58. The third kappa shape index (κ3) is 3.54. The van der Waals surface area contributed by atoms with Gasteiger partial charge in [0.25, 0.3) is 5.91 Å². The second kappa shape index (κ2) is 6.73. The van der Waals surface area contributed by atoms with Crippen LogP contribution in [-0.2, 0) is 4.74 Å². The molecule has 6 heteroatoms. The molecule has 0 spiro atoms. The molecule has 21 heavy (non-hydrogen) atoms. The second-order valence-electron chi connectivity index (χ2n) is 5.64. The van der Waals surface area contributed by atoms with Crippen molar-refractivity contribution in [3.8, 4) is 0 Å². The van der Waals surface area contributed by atoms with Crippen molar-refractivity contribution in [2.75, 3.05) is 26.3 Å². The smallest absolute Gasteiger partial charge is 0.270 e. The maximum absolute atomic E-state index is 12.2. The highest BCUT2D eigenvalue weighted by molar-refractivity contribution is 6.30. The van der Waals surface area contributed by atoms with Crippen molar-refractivity contribution in [3.63, 3.8) is 0 Å². The maximum atomic E-state index is 12.2. The van der Waals surface area contributed by atoms with Gasteiger partial charge in [0.05, 0.1) is 30.3 Å². The zero-order chi connectivity index (χ0) is 14.7. The van der Waals surface area contributed by atoms with Crippen LogP contribution in [0, 0.1) is 0 Å². The Labute approximate surface area is 129 Å². The van der Waals surface area contributed by atoms with E-state index >= 15 is 0 Å². The maximum Gasteiger partial charge on any atom is 0.270 e. The topological polar surface area (TPSA) is 54.5 Å². The van der Waals surface area contributed by atoms with Crippen LogP contribution in [0.2, 0.25) is 5.02 Å². The van der Waals surface area contributed by atoms with Gasteiger partial charge >= 0.3 is 0 Å². The number of nitrogens with one attached hydrogen (secondary N) is 1. The summed E-state index contributed by atoms with van der Waals surface area (Å²) in [7, 11) is 0. The third-order valence-corrected chi connectivity index (χ3v) is 4.41. The van der Waals surface area contributed by atoms with Crippen LogP contribution < -0.4 is 5.32 Å². The Bertz CT molecular complexity index is 488. The van der Waals surface area contributed by atoms with E-state index in [0.29, 0.717) is 23.9 Å². The number of hydrogen-bond acceptors (Lipinski definition) is 4. The van der Waals surface area contributed by atoms with Gasteiger partial charge in [-0.15, -0.1) is 0 Å². The Morgan fingerprint density at radius 1 is 1.29 bits per heavy atom. The monoisotopic (exact) mass is 309 g/mol. The third-order valence-electron chi connectivity index (χ3n) is 4.19. The number of halogens is 1. The summed E-state index contributed by atoms with van der Waals surface area (Å²) in [5.74, 6) is -0.163. The van der Waals surface area contributed by atoms with Crippen LogP contribution >= 0.6 is 11.6 Å². The number of hydrogen-bond donors (Lipinski definition) is 1. The molecule has 1 amide bonds. The fraction of sp³-hybridized carbons (Fsp3) is 0.600. The molecule has 0 aliphatic carbocycles. The lowest BCUT2D eigenvalue weighted by Gasteiger charge is -2.34. The highest BCUT2D eigenvalue weighted by Gasteiger charge is 2.34. The van der Waals surface area contributed by atoms with Crippen molar-refractivity contribution < 1.29 is 9.53 Å². The molecule has 1 aromatic heterocycles. The van der Waals surface area contributed by atoms with Gasteiger partial charge < -0.3 is 10.1 Å². The van der Waals surface area contributed by atoms with Crippen LogP contribution in [0.1, 0.15) is 29.8 Å². The molecular formula is C15H20ClN3O2. The fourth-order valence-electron chi connectivity index (χ4n) is 3.04. The molecule has 3 heterocycles. The van der Waals surface area contributed by atoms with Crippen LogP contribution in [0.3, 0.4) is 0 Å². The number of likely N-dealkylation sites (tertiary alicyclic amines) is 1. The second-order valence-corrected chi connectivity index (χ2v) is 6.08. The van der Waals surface area contributed by atoms with E-state index < -0.39 is 0 Å². The molecule has 3 rings (SSSR count). The predicted octanol–water partition coefficient (Wildman–Crippen LogP) is 1.72. The Balaban J connectivity index is 1.62. The number of rotatable bonds is 3. The quantitative estimate of drug-likeness (QED) is 0.923. The summed E-state index contributed by atoms with van der Waals surface area (Å²) in [6.07, 6.45) is 5.26. The number of pyridine rings is 1. The number of piperidine rings is 1. The molecule has 5 nitrogen and oxygen atoms in total. The molecule has 1 N–H and O–H groups in total.